The third kappa shape index (κ3) is 2.56. The van der Waals surface area contributed by atoms with Crippen molar-refractivity contribution in [3.8, 4) is 17.2 Å². The summed E-state index contributed by atoms with van der Waals surface area (Å²) in [5.74, 6) is 1.10. The van der Waals surface area contributed by atoms with Crippen LogP contribution in [-0.4, -0.2) is 19.0 Å². The van der Waals surface area contributed by atoms with Gasteiger partial charge in [0, 0.05) is 5.56 Å². The molecular formula is C15H12BrFO4. The van der Waals surface area contributed by atoms with Crippen molar-refractivity contribution in [3.63, 3.8) is 0 Å². The van der Waals surface area contributed by atoms with E-state index < -0.39 is 11.9 Å². The van der Waals surface area contributed by atoms with Crippen LogP contribution in [0.5, 0.6) is 17.2 Å². The molecule has 0 saturated carbocycles. The first-order chi connectivity index (χ1) is 10.1. The molecule has 2 aromatic rings. The summed E-state index contributed by atoms with van der Waals surface area (Å²) in [5, 5.41) is 10.5. The Kier molecular flexibility index (Phi) is 3.73. The van der Waals surface area contributed by atoms with Crippen LogP contribution in [0.1, 0.15) is 17.2 Å². The number of fused-ring (bicyclic) bond motifs is 1. The number of ether oxygens (including phenoxy) is 3. The molecule has 0 aromatic heterocycles. The Bertz CT molecular complexity index is 690. The minimum atomic E-state index is -1.04. The van der Waals surface area contributed by atoms with Crippen LogP contribution in [0.25, 0.3) is 0 Å². The molecule has 0 aliphatic carbocycles. The number of aliphatic hydroxyl groups excluding tert-OH is 1. The van der Waals surface area contributed by atoms with Gasteiger partial charge in [0.25, 0.3) is 0 Å². The van der Waals surface area contributed by atoms with Gasteiger partial charge in [-0.3, -0.25) is 0 Å². The zero-order chi connectivity index (χ0) is 15.0. The second-order valence-electron chi connectivity index (χ2n) is 4.53. The third-order valence-corrected chi connectivity index (χ3v) is 3.84. The molecule has 110 valence electrons. The van der Waals surface area contributed by atoms with Crippen molar-refractivity contribution in [1.29, 1.82) is 0 Å². The number of benzene rings is 2. The van der Waals surface area contributed by atoms with Gasteiger partial charge in [-0.2, -0.15) is 0 Å². The lowest BCUT2D eigenvalue weighted by atomic mass is 10.00. The normalized spacial score (nSPS) is 14.1. The van der Waals surface area contributed by atoms with E-state index >= 15 is 0 Å². The fourth-order valence-corrected chi connectivity index (χ4v) is 2.82. The van der Waals surface area contributed by atoms with Gasteiger partial charge < -0.3 is 19.3 Å². The topological polar surface area (TPSA) is 47.9 Å². The number of hydrogen-bond donors (Lipinski definition) is 1. The lowest BCUT2D eigenvalue weighted by Crippen LogP contribution is -2.03. The zero-order valence-electron chi connectivity index (χ0n) is 11.1. The van der Waals surface area contributed by atoms with Gasteiger partial charge in [-0.05, 0) is 51.8 Å². The first-order valence-corrected chi connectivity index (χ1v) is 7.00. The molecule has 0 bridgehead atoms. The Morgan fingerprint density at radius 2 is 2.10 bits per heavy atom. The standard InChI is InChI=1S/C15H12BrFO4/c1-19-12-3-2-9(17)6-10(12)14(18)8-4-11(16)15-13(5-8)20-7-21-15/h2-6,14,18H,7H2,1H3. The first-order valence-electron chi connectivity index (χ1n) is 6.20. The quantitative estimate of drug-likeness (QED) is 0.917. The molecule has 1 unspecified atom stereocenters. The number of rotatable bonds is 3. The van der Waals surface area contributed by atoms with E-state index in [1.54, 1.807) is 12.1 Å². The molecule has 1 N–H and O–H groups in total. The van der Waals surface area contributed by atoms with Gasteiger partial charge in [0.05, 0.1) is 11.6 Å². The van der Waals surface area contributed by atoms with E-state index in [9.17, 15) is 9.50 Å². The van der Waals surface area contributed by atoms with Crippen LogP contribution in [0.2, 0.25) is 0 Å². The van der Waals surface area contributed by atoms with Crippen LogP contribution in [0.3, 0.4) is 0 Å². The Morgan fingerprint density at radius 3 is 2.86 bits per heavy atom. The molecule has 21 heavy (non-hydrogen) atoms. The molecule has 0 fully saturated rings. The molecule has 0 amide bonds. The Morgan fingerprint density at radius 1 is 1.29 bits per heavy atom. The van der Waals surface area contributed by atoms with E-state index in [4.69, 9.17) is 14.2 Å². The van der Waals surface area contributed by atoms with Crippen LogP contribution in [0, 0.1) is 5.82 Å². The summed E-state index contributed by atoms with van der Waals surface area (Å²) in [4.78, 5) is 0. The van der Waals surface area contributed by atoms with Crippen molar-refractivity contribution in [2.45, 2.75) is 6.10 Å². The monoisotopic (exact) mass is 354 g/mol. The van der Waals surface area contributed by atoms with Crippen LogP contribution in [0.15, 0.2) is 34.8 Å². The SMILES string of the molecule is COc1ccc(F)cc1C(O)c1cc(Br)c2c(c1)OCO2. The van der Waals surface area contributed by atoms with E-state index in [1.165, 1.54) is 25.3 Å². The molecule has 1 atom stereocenters. The highest BCUT2D eigenvalue weighted by Crippen LogP contribution is 2.42. The molecule has 0 radical (unpaired) electrons. The number of halogens is 2. The molecule has 1 aliphatic rings. The summed E-state index contributed by atoms with van der Waals surface area (Å²) in [6.45, 7) is 0.136. The van der Waals surface area contributed by atoms with Crippen molar-refractivity contribution in [2.24, 2.45) is 0 Å². The van der Waals surface area contributed by atoms with Crippen LogP contribution < -0.4 is 14.2 Å². The summed E-state index contributed by atoms with van der Waals surface area (Å²) in [7, 11) is 1.47. The van der Waals surface area contributed by atoms with Gasteiger partial charge in [0.15, 0.2) is 11.5 Å². The van der Waals surface area contributed by atoms with E-state index in [2.05, 4.69) is 15.9 Å². The summed E-state index contributed by atoms with van der Waals surface area (Å²) in [6, 6.07) is 7.40. The maximum Gasteiger partial charge on any atom is 0.231 e. The van der Waals surface area contributed by atoms with Gasteiger partial charge in [0.1, 0.15) is 17.7 Å². The summed E-state index contributed by atoms with van der Waals surface area (Å²) < 4.78 is 29.9. The first kappa shape index (κ1) is 14.2. The second kappa shape index (κ2) is 5.54. The van der Waals surface area contributed by atoms with Crippen LogP contribution >= 0.6 is 15.9 Å². The molecular weight excluding hydrogens is 343 g/mol. The molecule has 0 spiro atoms. The average Bonchev–Trinajstić information content (AvgIpc) is 2.95. The summed E-state index contributed by atoms with van der Waals surface area (Å²) >= 11 is 3.37. The van der Waals surface area contributed by atoms with E-state index in [1.807, 2.05) is 0 Å². The highest BCUT2D eigenvalue weighted by atomic mass is 79.9. The minimum Gasteiger partial charge on any atom is -0.496 e. The highest BCUT2D eigenvalue weighted by molar-refractivity contribution is 9.10. The van der Waals surface area contributed by atoms with Gasteiger partial charge in [-0.15, -0.1) is 0 Å². The lowest BCUT2D eigenvalue weighted by molar-refractivity contribution is 0.173. The molecule has 2 aromatic carbocycles. The van der Waals surface area contributed by atoms with Crippen molar-refractivity contribution < 1.29 is 23.7 Å². The molecule has 1 aliphatic heterocycles. The van der Waals surface area contributed by atoms with Crippen molar-refractivity contribution in [1.82, 2.24) is 0 Å². The van der Waals surface area contributed by atoms with Gasteiger partial charge in [0.2, 0.25) is 6.79 Å². The number of methoxy groups -OCH3 is 1. The highest BCUT2D eigenvalue weighted by Gasteiger charge is 2.23. The van der Waals surface area contributed by atoms with Crippen molar-refractivity contribution >= 4 is 15.9 Å². The number of hydrogen-bond acceptors (Lipinski definition) is 4. The fourth-order valence-electron chi connectivity index (χ4n) is 2.24. The molecule has 4 nitrogen and oxygen atoms in total. The fraction of sp³-hybridized carbons (Fsp3) is 0.200. The number of aliphatic hydroxyl groups is 1. The molecule has 1 heterocycles. The van der Waals surface area contributed by atoms with Crippen LogP contribution in [0.4, 0.5) is 4.39 Å². The second-order valence-corrected chi connectivity index (χ2v) is 5.38. The predicted molar refractivity (Wildman–Crippen MR) is 77.3 cm³/mol. The predicted octanol–water partition coefficient (Wildman–Crippen LogP) is 3.41. The lowest BCUT2D eigenvalue weighted by Gasteiger charge is -2.16. The third-order valence-electron chi connectivity index (χ3n) is 3.25. The summed E-state index contributed by atoms with van der Waals surface area (Å²) in [5.41, 5.74) is 0.901. The minimum absolute atomic E-state index is 0.136. The maximum absolute atomic E-state index is 13.4. The Hall–Kier alpha value is -1.79. The maximum atomic E-state index is 13.4. The molecule has 3 rings (SSSR count). The van der Waals surface area contributed by atoms with Gasteiger partial charge in [-0.25, -0.2) is 4.39 Å². The van der Waals surface area contributed by atoms with Crippen LogP contribution in [-0.2, 0) is 0 Å². The van der Waals surface area contributed by atoms with E-state index in [0.29, 0.717) is 32.8 Å². The van der Waals surface area contributed by atoms with E-state index in [0.717, 1.165) is 0 Å². The Labute approximate surface area is 129 Å². The largest absolute Gasteiger partial charge is 0.496 e. The van der Waals surface area contributed by atoms with Crippen molar-refractivity contribution in [3.05, 3.63) is 51.7 Å². The van der Waals surface area contributed by atoms with Gasteiger partial charge in [-0.1, -0.05) is 0 Å². The van der Waals surface area contributed by atoms with Gasteiger partial charge >= 0.3 is 0 Å². The smallest absolute Gasteiger partial charge is 0.231 e. The Balaban J connectivity index is 2.05. The zero-order valence-corrected chi connectivity index (χ0v) is 12.7. The summed E-state index contributed by atoms with van der Waals surface area (Å²) in [6.07, 6.45) is -1.04. The average molecular weight is 355 g/mol. The molecule has 6 heteroatoms. The molecule has 0 saturated heterocycles. The van der Waals surface area contributed by atoms with E-state index in [-0.39, 0.29) is 6.79 Å². The van der Waals surface area contributed by atoms with Crippen molar-refractivity contribution in [2.75, 3.05) is 13.9 Å².